The van der Waals surface area contributed by atoms with Crippen molar-refractivity contribution in [1.29, 1.82) is 0 Å². The zero-order chi connectivity index (χ0) is 10.7. The van der Waals surface area contributed by atoms with E-state index in [2.05, 4.69) is 4.98 Å². The van der Waals surface area contributed by atoms with E-state index in [1.807, 2.05) is 31.2 Å². The smallest absolute Gasteiger partial charge is 0.221 e. The van der Waals surface area contributed by atoms with E-state index in [0.717, 1.165) is 5.56 Å². The molecule has 0 saturated carbocycles. The first kappa shape index (κ1) is 9.65. The molecule has 1 heterocycles. The summed E-state index contributed by atoms with van der Waals surface area (Å²) in [4.78, 5) is 3.62. The van der Waals surface area contributed by atoms with Crippen molar-refractivity contribution >= 4 is 0 Å². The summed E-state index contributed by atoms with van der Waals surface area (Å²) in [5.74, 6) is 0.418. The van der Waals surface area contributed by atoms with Crippen molar-refractivity contribution in [2.45, 2.75) is 6.92 Å². The molecule has 0 aliphatic rings. The predicted molar refractivity (Wildman–Crippen MR) is 55.4 cm³/mol. The van der Waals surface area contributed by atoms with Gasteiger partial charge in [0, 0.05) is 6.07 Å². The van der Waals surface area contributed by atoms with Gasteiger partial charge in [0.1, 0.15) is 5.75 Å². The predicted octanol–water partition coefficient (Wildman–Crippen LogP) is 3.32. The number of nitrogens with zero attached hydrogens (tertiary/aromatic N) is 1. The maximum Gasteiger partial charge on any atom is 0.221 e. The zero-order valence-corrected chi connectivity index (χ0v) is 8.27. The third-order valence-corrected chi connectivity index (χ3v) is 2.00. The Bertz CT molecular complexity index is 471. The summed E-state index contributed by atoms with van der Waals surface area (Å²) in [6, 6.07) is 12.0. The molecule has 1 aromatic heterocycles. The highest BCUT2D eigenvalue weighted by atomic mass is 19.1. The molecule has 2 nitrogen and oxygen atoms in total. The Morgan fingerprint density at radius 3 is 2.60 bits per heavy atom. The van der Waals surface area contributed by atoms with Crippen molar-refractivity contribution in [2.24, 2.45) is 0 Å². The van der Waals surface area contributed by atoms with Crippen LogP contribution in [-0.2, 0) is 0 Å². The molecule has 0 amide bonds. The van der Waals surface area contributed by atoms with Gasteiger partial charge in [0.15, 0.2) is 0 Å². The van der Waals surface area contributed by atoms with Crippen LogP contribution in [0.1, 0.15) is 5.56 Å². The van der Waals surface area contributed by atoms with Crippen LogP contribution in [0.4, 0.5) is 4.39 Å². The third kappa shape index (κ3) is 2.31. The maximum atomic E-state index is 12.8. The Balaban J connectivity index is 2.26. The van der Waals surface area contributed by atoms with Crippen LogP contribution in [0.5, 0.6) is 11.6 Å². The second kappa shape index (κ2) is 4.09. The Morgan fingerprint density at radius 2 is 1.87 bits per heavy atom. The normalized spacial score (nSPS) is 10.0. The number of halogens is 1. The van der Waals surface area contributed by atoms with Crippen LogP contribution in [0.2, 0.25) is 0 Å². The molecule has 0 saturated heterocycles. The van der Waals surface area contributed by atoms with Gasteiger partial charge in [-0.15, -0.1) is 0 Å². The quantitative estimate of drug-likeness (QED) is 0.698. The first-order valence-electron chi connectivity index (χ1n) is 4.62. The van der Waals surface area contributed by atoms with Gasteiger partial charge in [-0.1, -0.05) is 24.3 Å². The van der Waals surface area contributed by atoms with E-state index in [-0.39, 0.29) is 5.88 Å². The lowest BCUT2D eigenvalue weighted by atomic mass is 10.2. The molecule has 0 atom stereocenters. The molecule has 0 unspecified atom stereocenters. The molecule has 0 spiro atoms. The van der Waals surface area contributed by atoms with Gasteiger partial charge >= 0.3 is 0 Å². The molecular formula is C12H10FNO. The number of aromatic nitrogens is 1. The van der Waals surface area contributed by atoms with Gasteiger partial charge in [0.2, 0.25) is 11.8 Å². The molecule has 0 aliphatic heterocycles. The number of para-hydroxylation sites is 1. The minimum absolute atomic E-state index is 0.268. The fourth-order valence-corrected chi connectivity index (χ4v) is 1.23. The fourth-order valence-electron chi connectivity index (χ4n) is 1.23. The van der Waals surface area contributed by atoms with Crippen LogP contribution in [0.25, 0.3) is 0 Å². The molecule has 0 radical (unpaired) electrons. The van der Waals surface area contributed by atoms with Crippen molar-refractivity contribution in [1.82, 2.24) is 4.98 Å². The van der Waals surface area contributed by atoms with E-state index < -0.39 is 5.95 Å². The first-order chi connectivity index (χ1) is 7.25. The second-order valence-corrected chi connectivity index (χ2v) is 3.17. The Labute approximate surface area is 87.4 Å². The highest BCUT2D eigenvalue weighted by molar-refractivity contribution is 5.34. The molecule has 76 valence electrons. The average molecular weight is 203 g/mol. The van der Waals surface area contributed by atoms with Crippen molar-refractivity contribution in [3.63, 3.8) is 0 Å². The van der Waals surface area contributed by atoms with Crippen molar-refractivity contribution in [2.75, 3.05) is 0 Å². The largest absolute Gasteiger partial charge is 0.439 e. The molecule has 2 aromatic rings. The van der Waals surface area contributed by atoms with Crippen molar-refractivity contribution in [3.8, 4) is 11.6 Å². The van der Waals surface area contributed by atoms with Crippen LogP contribution in [0.3, 0.4) is 0 Å². The number of aryl methyl sites for hydroxylation is 1. The summed E-state index contributed by atoms with van der Waals surface area (Å²) in [5, 5.41) is 0. The summed E-state index contributed by atoms with van der Waals surface area (Å²) in [6.45, 7) is 1.93. The molecule has 0 aliphatic carbocycles. The molecule has 1 aromatic carbocycles. The van der Waals surface area contributed by atoms with Gasteiger partial charge in [-0.05, 0) is 24.6 Å². The van der Waals surface area contributed by atoms with Crippen molar-refractivity contribution < 1.29 is 9.13 Å². The number of pyridine rings is 1. The topological polar surface area (TPSA) is 22.1 Å². The SMILES string of the molecule is Cc1ccccc1Oc1cccc(F)n1. The van der Waals surface area contributed by atoms with Crippen LogP contribution >= 0.6 is 0 Å². The van der Waals surface area contributed by atoms with E-state index in [9.17, 15) is 4.39 Å². The Hall–Kier alpha value is -1.90. The summed E-state index contributed by atoms with van der Waals surface area (Å²) < 4.78 is 18.2. The molecular weight excluding hydrogens is 193 g/mol. The van der Waals surface area contributed by atoms with Crippen LogP contribution in [-0.4, -0.2) is 4.98 Å². The summed E-state index contributed by atoms with van der Waals surface area (Å²) in [5.41, 5.74) is 0.989. The Kier molecular flexibility index (Phi) is 2.63. The Morgan fingerprint density at radius 1 is 1.07 bits per heavy atom. The lowest BCUT2D eigenvalue weighted by Gasteiger charge is -2.06. The molecule has 2 rings (SSSR count). The van der Waals surface area contributed by atoms with Gasteiger partial charge in [-0.2, -0.15) is 9.37 Å². The van der Waals surface area contributed by atoms with E-state index in [1.165, 1.54) is 6.07 Å². The zero-order valence-electron chi connectivity index (χ0n) is 8.27. The van der Waals surface area contributed by atoms with Crippen LogP contribution in [0.15, 0.2) is 42.5 Å². The second-order valence-electron chi connectivity index (χ2n) is 3.17. The van der Waals surface area contributed by atoms with Gasteiger partial charge in [0.25, 0.3) is 0 Å². The number of rotatable bonds is 2. The molecule has 15 heavy (non-hydrogen) atoms. The monoisotopic (exact) mass is 203 g/mol. The minimum Gasteiger partial charge on any atom is -0.439 e. The number of hydrogen-bond acceptors (Lipinski definition) is 2. The standard InChI is InChI=1S/C12H10FNO/c1-9-5-2-3-6-10(9)15-12-8-4-7-11(13)14-12/h2-8H,1H3. The number of ether oxygens (including phenoxy) is 1. The van der Waals surface area contributed by atoms with E-state index in [1.54, 1.807) is 12.1 Å². The molecule has 0 bridgehead atoms. The van der Waals surface area contributed by atoms with E-state index >= 15 is 0 Å². The van der Waals surface area contributed by atoms with Crippen molar-refractivity contribution in [3.05, 3.63) is 54.0 Å². The van der Waals surface area contributed by atoms with E-state index in [4.69, 9.17) is 4.74 Å². The van der Waals surface area contributed by atoms with Crippen LogP contribution in [0, 0.1) is 12.9 Å². The first-order valence-corrected chi connectivity index (χ1v) is 4.62. The van der Waals surface area contributed by atoms with Gasteiger partial charge < -0.3 is 4.74 Å². The summed E-state index contributed by atoms with van der Waals surface area (Å²) in [7, 11) is 0. The lowest BCUT2D eigenvalue weighted by molar-refractivity contribution is 0.442. The summed E-state index contributed by atoms with van der Waals surface area (Å²) in [6.07, 6.45) is 0. The van der Waals surface area contributed by atoms with Crippen LogP contribution < -0.4 is 4.74 Å². The maximum absolute atomic E-state index is 12.8. The van der Waals surface area contributed by atoms with E-state index in [0.29, 0.717) is 5.75 Å². The molecule has 0 fully saturated rings. The number of hydrogen-bond donors (Lipinski definition) is 0. The lowest BCUT2D eigenvalue weighted by Crippen LogP contribution is -1.91. The summed E-state index contributed by atoms with van der Waals surface area (Å²) >= 11 is 0. The highest BCUT2D eigenvalue weighted by Gasteiger charge is 2.01. The molecule has 3 heteroatoms. The highest BCUT2D eigenvalue weighted by Crippen LogP contribution is 2.22. The molecule has 0 N–H and O–H groups in total. The number of benzene rings is 1. The third-order valence-electron chi connectivity index (χ3n) is 2.00. The average Bonchev–Trinajstić information content (AvgIpc) is 2.22. The van der Waals surface area contributed by atoms with Gasteiger partial charge in [-0.3, -0.25) is 0 Å². The fraction of sp³-hybridized carbons (Fsp3) is 0.0833. The van der Waals surface area contributed by atoms with Gasteiger partial charge in [0.05, 0.1) is 0 Å². The van der Waals surface area contributed by atoms with Gasteiger partial charge in [-0.25, -0.2) is 0 Å². The minimum atomic E-state index is -0.541.